The van der Waals surface area contributed by atoms with Gasteiger partial charge in [0.15, 0.2) is 11.4 Å². The van der Waals surface area contributed by atoms with Gasteiger partial charge in [-0.3, -0.25) is 4.79 Å². The molecule has 4 aromatic rings. The molecule has 0 atom stereocenters. The first kappa shape index (κ1) is 28.7. The van der Waals surface area contributed by atoms with E-state index in [1.54, 1.807) is 54.3 Å². The largest absolute Gasteiger partial charge is 0.493 e. The highest BCUT2D eigenvalue weighted by molar-refractivity contribution is 7.90. The predicted molar refractivity (Wildman–Crippen MR) is 157 cm³/mol. The number of nitrogens with zero attached hydrogens (tertiary/aromatic N) is 5. The number of piperazine rings is 1. The van der Waals surface area contributed by atoms with Crippen molar-refractivity contribution in [2.75, 3.05) is 52.3 Å². The molecule has 0 saturated carbocycles. The molecule has 3 heterocycles. The predicted octanol–water partition coefficient (Wildman–Crippen LogP) is 4.17. The van der Waals surface area contributed by atoms with Crippen LogP contribution in [0.5, 0.6) is 11.6 Å². The van der Waals surface area contributed by atoms with Crippen LogP contribution in [0.2, 0.25) is 5.02 Å². The van der Waals surface area contributed by atoms with E-state index in [2.05, 4.69) is 20.2 Å². The standard InChI is InChI=1S/C28H31ClN6O5S/c1-5-40-26-21-12-13-35(41(37,38)19-8-6-18(2)7-9-19)25(21)31-28(32-26)30-22-11-10-20(23(29)24(22)39-4)27(36)34-16-14-33(3)15-17-34/h6-13H,5,14-17H2,1-4H3,(H,30,31,32). The number of methoxy groups -OCH3 is 1. The smallest absolute Gasteiger partial charge is 0.269 e. The van der Waals surface area contributed by atoms with Crippen LogP contribution in [-0.2, 0) is 10.0 Å². The Hall–Kier alpha value is -3.87. The van der Waals surface area contributed by atoms with Crippen molar-refractivity contribution in [3.05, 3.63) is 64.8 Å². The van der Waals surface area contributed by atoms with Crippen LogP contribution in [0.25, 0.3) is 11.0 Å². The van der Waals surface area contributed by atoms with Crippen molar-refractivity contribution in [2.24, 2.45) is 0 Å². The summed E-state index contributed by atoms with van der Waals surface area (Å²) < 4.78 is 39.5. The van der Waals surface area contributed by atoms with Crippen molar-refractivity contribution >= 4 is 50.2 Å². The third-order valence-electron chi connectivity index (χ3n) is 6.90. The summed E-state index contributed by atoms with van der Waals surface area (Å²) in [7, 11) is -0.490. The Balaban J connectivity index is 1.53. The first-order valence-corrected chi connectivity index (χ1v) is 14.9. The first-order chi connectivity index (χ1) is 19.6. The number of carbonyl (C=O) groups is 1. The Morgan fingerprint density at radius 1 is 1.05 bits per heavy atom. The number of fused-ring (bicyclic) bond motifs is 1. The van der Waals surface area contributed by atoms with Gasteiger partial charge in [0.1, 0.15) is 0 Å². The van der Waals surface area contributed by atoms with Crippen molar-refractivity contribution in [2.45, 2.75) is 18.7 Å². The molecular formula is C28H31ClN6O5S. The summed E-state index contributed by atoms with van der Waals surface area (Å²) in [4.78, 5) is 26.3. The fraction of sp³-hybridized carbons (Fsp3) is 0.321. The average Bonchev–Trinajstić information content (AvgIpc) is 3.39. The summed E-state index contributed by atoms with van der Waals surface area (Å²) in [6.07, 6.45) is 1.43. The van der Waals surface area contributed by atoms with Gasteiger partial charge >= 0.3 is 0 Å². The number of hydrogen-bond donors (Lipinski definition) is 1. The van der Waals surface area contributed by atoms with Crippen LogP contribution in [0.1, 0.15) is 22.8 Å². The van der Waals surface area contributed by atoms with Gasteiger partial charge in [-0.2, -0.15) is 9.97 Å². The van der Waals surface area contributed by atoms with E-state index in [1.807, 2.05) is 14.0 Å². The summed E-state index contributed by atoms with van der Waals surface area (Å²) in [5.74, 6) is 0.330. The number of hydrogen-bond acceptors (Lipinski definition) is 9. The molecule has 0 radical (unpaired) electrons. The maximum absolute atomic E-state index is 13.5. The van der Waals surface area contributed by atoms with Gasteiger partial charge < -0.3 is 24.6 Å². The molecule has 2 aromatic heterocycles. The van der Waals surface area contributed by atoms with Crippen molar-refractivity contribution in [1.29, 1.82) is 0 Å². The van der Waals surface area contributed by atoms with Crippen LogP contribution >= 0.6 is 11.6 Å². The molecule has 0 bridgehead atoms. The Morgan fingerprint density at radius 2 is 1.76 bits per heavy atom. The lowest BCUT2D eigenvalue weighted by Crippen LogP contribution is -2.47. The SMILES string of the molecule is CCOc1nc(Nc2ccc(C(=O)N3CCN(C)CC3)c(Cl)c2OC)nc2c1ccn2S(=O)(=O)c1ccc(C)cc1. The number of nitrogens with one attached hydrogen (secondary N) is 1. The fourth-order valence-electron chi connectivity index (χ4n) is 4.60. The lowest BCUT2D eigenvalue weighted by atomic mass is 10.1. The highest BCUT2D eigenvalue weighted by Crippen LogP contribution is 2.38. The molecule has 1 amide bonds. The lowest BCUT2D eigenvalue weighted by molar-refractivity contribution is 0.0664. The van der Waals surface area contributed by atoms with Gasteiger partial charge in [0.25, 0.3) is 15.9 Å². The van der Waals surface area contributed by atoms with Gasteiger partial charge in [-0.25, -0.2) is 12.4 Å². The van der Waals surface area contributed by atoms with Crippen LogP contribution in [0.15, 0.2) is 53.6 Å². The minimum atomic E-state index is -3.96. The quantitative estimate of drug-likeness (QED) is 0.319. The second-order valence-corrected chi connectivity index (χ2v) is 11.9. The lowest BCUT2D eigenvalue weighted by Gasteiger charge is -2.32. The number of ether oxygens (including phenoxy) is 2. The van der Waals surface area contributed by atoms with Crippen LogP contribution in [0.4, 0.5) is 11.6 Å². The topological polar surface area (TPSA) is 119 Å². The number of rotatable bonds is 8. The van der Waals surface area contributed by atoms with E-state index in [9.17, 15) is 13.2 Å². The molecule has 0 unspecified atom stereocenters. The Labute approximate surface area is 243 Å². The van der Waals surface area contributed by atoms with Crippen LogP contribution in [0, 0.1) is 6.92 Å². The van der Waals surface area contributed by atoms with Gasteiger partial charge in [0.05, 0.1) is 40.3 Å². The number of anilines is 2. The average molecular weight is 599 g/mol. The minimum absolute atomic E-state index is 0.0625. The highest BCUT2D eigenvalue weighted by atomic mass is 35.5. The molecule has 11 nitrogen and oxygen atoms in total. The minimum Gasteiger partial charge on any atom is -0.493 e. The van der Waals surface area contributed by atoms with Gasteiger partial charge in [0, 0.05) is 32.4 Å². The maximum atomic E-state index is 13.5. The maximum Gasteiger partial charge on any atom is 0.269 e. The first-order valence-electron chi connectivity index (χ1n) is 13.1. The molecule has 216 valence electrons. The van der Waals surface area contributed by atoms with Crippen molar-refractivity contribution < 1.29 is 22.7 Å². The second-order valence-electron chi connectivity index (χ2n) is 9.68. The zero-order chi connectivity index (χ0) is 29.3. The van der Waals surface area contributed by atoms with E-state index in [1.165, 1.54) is 13.3 Å². The van der Waals surface area contributed by atoms with Crippen molar-refractivity contribution in [3.63, 3.8) is 0 Å². The molecule has 2 aromatic carbocycles. The van der Waals surface area contributed by atoms with Gasteiger partial charge in [-0.15, -0.1) is 0 Å². The van der Waals surface area contributed by atoms with Gasteiger partial charge in [-0.1, -0.05) is 29.3 Å². The normalized spacial score (nSPS) is 14.3. The van der Waals surface area contributed by atoms with E-state index in [0.29, 0.717) is 36.3 Å². The number of aromatic nitrogens is 3. The molecular weight excluding hydrogens is 568 g/mol. The fourth-order valence-corrected chi connectivity index (χ4v) is 6.22. The van der Waals surface area contributed by atoms with E-state index in [4.69, 9.17) is 21.1 Å². The number of benzene rings is 2. The molecule has 13 heteroatoms. The zero-order valence-electron chi connectivity index (χ0n) is 23.2. The zero-order valence-corrected chi connectivity index (χ0v) is 24.8. The van der Waals surface area contributed by atoms with Crippen LogP contribution in [0.3, 0.4) is 0 Å². The van der Waals surface area contributed by atoms with E-state index >= 15 is 0 Å². The molecule has 1 N–H and O–H groups in total. The third kappa shape index (κ3) is 5.54. The Kier molecular flexibility index (Phi) is 8.07. The summed E-state index contributed by atoms with van der Waals surface area (Å²) in [6, 6.07) is 11.5. The number of halogens is 1. The number of amides is 1. The van der Waals surface area contributed by atoms with Gasteiger partial charge in [0.2, 0.25) is 11.8 Å². The van der Waals surface area contributed by atoms with Crippen LogP contribution < -0.4 is 14.8 Å². The van der Waals surface area contributed by atoms with E-state index in [-0.39, 0.29) is 39.1 Å². The van der Waals surface area contributed by atoms with Crippen molar-refractivity contribution in [3.8, 4) is 11.6 Å². The van der Waals surface area contributed by atoms with E-state index < -0.39 is 10.0 Å². The monoisotopic (exact) mass is 598 g/mol. The van der Waals surface area contributed by atoms with Crippen molar-refractivity contribution in [1.82, 2.24) is 23.7 Å². The second kappa shape index (κ2) is 11.6. The van der Waals surface area contributed by atoms with E-state index in [0.717, 1.165) is 22.6 Å². The molecule has 0 spiro atoms. The molecule has 5 rings (SSSR count). The molecule has 0 aliphatic carbocycles. The third-order valence-corrected chi connectivity index (χ3v) is 8.96. The summed E-state index contributed by atoms with van der Waals surface area (Å²) in [6.45, 7) is 6.77. The molecule has 1 saturated heterocycles. The summed E-state index contributed by atoms with van der Waals surface area (Å²) in [5, 5.41) is 3.66. The molecule has 1 aliphatic rings. The number of likely N-dealkylation sites (N-methyl/N-ethyl adjacent to an activating group) is 1. The highest BCUT2D eigenvalue weighted by Gasteiger charge is 2.26. The van der Waals surface area contributed by atoms with Crippen LogP contribution in [-0.4, -0.2) is 85.0 Å². The Bertz CT molecular complexity index is 1700. The molecule has 1 fully saturated rings. The summed E-state index contributed by atoms with van der Waals surface area (Å²) in [5.41, 5.74) is 1.80. The summed E-state index contributed by atoms with van der Waals surface area (Å²) >= 11 is 6.67. The molecule has 1 aliphatic heterocycles. The Morgan fingerprint density at radius 3 is 2.41 bits per heavy atom. The number of carbonyl (C=O) groups excluding carboxylic acids is 1. The van der Waals surface area contributed by atoms with Gasteiger partial charge in [-0.05, 0) is 51.2 Å². The molecule has 41 heavy (non-hydrogen) atoms. The number of aryl methyl sites for hydroxylation is 1.